The van der Waals surface area contributed by atoms with Gasteiger partial charge in [-0.05, 0) is 86.7 Å². The topological polar surface area (TPSA) is 106 Å². The number of benzene rings is 3. The molecule has 8 bridgehead atoms. The fraction of sp³-hybridized carbons (Fsp3) is 0.375. The Balaban J connectivity index is 1.33. The number of fused-ring (bicyclic) bond motifs is 8. The van der Waals surface area contributed by atoms with Gasteiger partial charge in [0.25, 0.3) is 0 Å². The van der Waals surface area contributed by atoms with E-state index in [2.05, 4.69) is 6.07 Å². The third kappa shape index (κ3) is 7.46. The van der Waals surface area contributed by atoms with E-state index in [0.29, 0.717) is 90.8 Å². The van der Waals surface area contributed by atoms with Gasteiger partial charge in [-0.1, -0.05) is 23.2 Å². The summed E-state index contributed by atoms with van der Waals surface area (Å²) in [6, 6.07) is 12.9. The molecule has 0 radical (unpaired) electrons. The van der Waals surface area contributed by atoms with E-state index in [-0.39, 0.29) is 17.3 Å². The van der Waals surface area contributed by atoms with E-state index in [0.717, 1.165) is 50.4 Å². The van der Waals surface area contributed by atoms with Crippen molar-refractivity contribution in [1.82, 2.24) is 24.1 Å². The van der Waals surface area contributed by atoms with Crippen LogP contribution in [0.15, 0.2) is 42.5 Å². The molecule has 0 saturated carbocycles. The lowest BCUT2D eigenvalue weighted by Crippen LogP contribution is -2.12. The molecule has 0 aliphatic carbocycles. The number of carboxylic acids is 1. The lowest BCUT2D eigenvalue weighted by molar-refractivity contribution is 0.0652. The maximum absolute atomic E-state index is 15.4. The lowest BCUT2D eigenvalue weighted by atomic mass is 9.97. The molecule has 6 aromatic rings. The van der Waals surface area contributed by atoms with Gasteiger partial charge in [-0.2, -0.15) is 10.2 Å². The van der Waals surface area contributed by atoms with E-state index in [1.165, 1.54) is 6.07 Å². The normalized spacial score (nSPS) is 14.0. The third-order valence-corrected chi connectivity index (χ3v) is 11.6. The van der Waals surface area contributed by atoms with Crippen molar-refractivity contribution in [3.63, 3.8) is 0 Å². The fourth-order valence-corrected chi connectivity index (χ4v) is 8.74. The molecule has 3 aromatic heterocycles. The summed E-state index contributed by atoms with van der Waals surface area (Å²) < 4.78 is 38.4. The monoisotopic (exact) mass is 793 g/mol. The molecule has 0 fully saturated rings. The largest absolute Gasteiger partial charge is 0.493 e. The minimum absolute atomic E-state index is 0.0491. The predicted octanol–water partition coefficient (Wildman–Crippen LogP) is 8.82. The van der Waals surface area contributed by atoms with Gasteiger partial charge in [0.1, 0.15) is 17.3 Å². The number of nitrogens with zero attached hydrogens (tertiary/aromatic N) is 5. The molecule has 1 aliphatic heterocycles. The smallest absolute Gasteiger partial charge is 0.352 e. The SMILES string of the molecule is COCCOCCn1nc2c(c1C)-c1c(Cl)ccc3c1c(C)c(C(=O)O)n3CCCOc1cc(cc3c(F)c(Cl)ccc13)CCc1cc(nn1C)CSC2. The number of carbonyl (C=O) groups is 1. The van der Waals surface area contributed by atoms with Crippen molar-refractivity contribution < 1.29 is 28.5 Å². The molecule has 3 aromatic carbocycles. The average Bonchev–Trinajstić information content (AvgIpc) is 3.76. The zero-order chi connectivity index (χ0) is 38.1. The molecule has 0 saturated heterocycles. The van der Waals surface area contributed by atoms with Crippen LogP contribution in [0, 0.1) is 19.7 Å². The Morgan fingerprint density at radius 2 is 1.81 bits per heavy atom. The summed E-state index contributed by atoms with van der Waals surface area (Å²) in [5, 5.41) is 22.8. The van der Waals surface area contributed by atoms with Crippen molar-refractivity contribution in [2.45, 2.75) is 57.7 Å². The van der Waals surface area contributed by atoms with Crippen molar-refractivity contribution in [3.8, 4) is 16.9 Å². The number of rotatable bonds is 7. The van der Waals surface area contributed by atoms with Crippen molar-refractivity contribution in [1.29, 1.82) is 0 Å². The van der Waals surface area contributed by atoms with Gasteiger partial charge in [0.05, 0.1) is 49.4 Å². The highest BCUT2D eigenvalue weighted by atomic mass is 35.5. The van der Waals surface area contributed by atoms with Gasteiger partial charge in [-0.25, -0.2) is 9.18 Å². The fourth-order valence-electron chi connectivity index (χ4n) is 7.48. The number of aromatic nitrogens is 5. The third-order valence-electron chi connectivity index (χ3n) is 10.0. The summed E-state index contributed by atoms with van der Waals surface area (Å²) in [5.41, 5.74) is 7.90. The molecular formula is C40H42Cl2FN5O5S. The van der Waals surface area contributed by atoms with Gasteiger partial charge in [-0.15, -0.1) is 11.8 Å². The van der Waals surface area contributed by atoms with E-state index in [1.807, 2.05) is 59.1 Å². The summed E-state index contributed by atoms with van der Waals surface area (Å²) in [4.78, 5) is 12.9. The summed E-state index contributed by atoms with van der Waals surface area (Å²) >= 11 is 15.0. The summed E-state index contributed by atoms with van der Waals surface area (Å²) in [7, 11) is 3.58. The van der Waals surface area contributed by atoms with Crippen LogP contribution in [-0.4, -0.2) is 68.7 Å². The van der Waals surface area contributed by atoms with Crippen LogP contribution in [0.3, 0.4) is 0 Å². The molecule has 54 heavy (non-hydrogen) atoms. The number of hydrogen-bond donors (Lipinski definition) is 1. The first-order valence-electron chi connectivity index (χ1n) is 17.9. The van der Waals surface area contributed by atoms with Crippen molar-refractivity contribution in [3.05, 3.63) is 97.9 Å². The van der Waals surface area contributed by atoms with Gasteiger partial charge < -0.3 is 23.9 Å². The minimum Gasteiger partial charge on any atom is -0.493 e. The van der Waals surface area contributed by atoms with Gasteiger partial charge >= 0.3 is 5.97 Å². The Labute approximate surface area is 327 Å². The maximum Gasteiger partial charge on any atom is 0.352 e. The summed E-state index contributed by atoms with van der Waals surface area (Å²) in [6.07, 6.45) is 1.82. The number of aryl methyl sites for hydroxylation is 5. The van der Waals surface area contributed by atoms with Crippen LogP contribution in [0.4, 0.5) is 4.39 Å². The molecule has 0 spiro atoms. The standard InChI is InChI=1S/C40H42Cl2FN5O5S/c1-23-35-33-11-10-30(41)37(35)36-24(2)48(13-15-52-17-16-51-4)45-32(36)22-54-21-26-20-27(46(3)44-26)7-6-25-18-29-28(8-9-31(42)38(29)43)34(19-25)53-14-5-12-47(33)39(23)40(49)50/h8-11,18-20H,5-7,12-17,21-22H2,1-4H3,(H,49,50). The molecule has 1 aliphatic rings. The Bertz CT molecular complexity index is 2370. The van der Waals surface area contributed by atoms with Crippen LogP contribution < -0.4 is 4.74 Å². The maximum atomic E-state index is 15.4. The number of methoxy groups -OCH3 is 1. The van der Waals surface area contributed by atoms with Crippen LogP contribution in [0.2, 0.25) is 10.0 Å². The van der Waals surface area contributed by atoms with Crippen molar-refractivity contribution in [2.24, 2.45) is 7.05 Å². The van der Waals surface area contributed by atoms with Gasteiger partial charge in [0.2, 0.25) is 0 Å². The quantitative estimate of drug-likeness (QED) is 0.160. The highest BCUT2D eigenvalue weighted by Gasteiger charge is 2.27. The first kappa shape index (κ1) is 38.2. The first-order chi connectivity index (χ1) is 26.1. The number of thioether (sulfide) groups is 1. The van der Waals surface area contributed by atoms with Crippen LogP contribution in [0.5, 0.6) is 5.75 Å². The molecule has 0 unspecified atom stereocenters. The lowest BCUT2D eigenvalue weighted by Gasteiger charge is -2.15. The van der Waals surface area contributed by atoms with Crippen molar-refractivity contribution in [2.75, 3.05) is 33.5 Å². The number of aromatic carboxylic acids is 1. The van der Waals surface area contributed by atoms with Gasteiger partial charge in [0, 0.05) is 81.4 Å². The predicted molar refractivity (Wildman–Crippen MR) is 212 cm³/mol. The molecular weight excluding hydrogens is 752 g/mol. The van der Waals surface area contributed by atoms with Crippen LogP contribution >= 0.6 is 35.0 Å². The second kappa shape index (κ2) is 16.3. The Morgan fingerprint density at radius 3 is 2.61 bits per heavy atom. The second-order valence-electron chi connectivity index (χ2n) is 13.5. The molecule has 0 amide bonds. The van der Waals surface area contributed by atoms with Gasteiger partial charge in [0.15, 0.2) is 0 Å². The molecule has 284 valence electrons. The van der Waals surface area contributed by atoms with E-state index in [1.54, 1.807) is 24.9 Å². The second-order valence-corrected chi connectivity index (χ2v) is 15.3. The Morgan fingerprint density at radius 1 is 1.00 bits per heavy atom. The van der Waals surface area contributed by atoms with Gasteiger partial charge in [-0.3, -0.25) is 9.36 Å². The zero-order valence-electron chi connectivity index (χ0n) is 30.7. The zero-order valence-corrected chi connectivity index (χ0v) is 33.0. The molecule has 14 heteroatoms. The average molecular weight is 795 g/mol. The molecule has 4 heterocycles. The summed E-state index contributed by atoms with van der Waals surface area (Å²) in [5.74, 6) is 0.255. The Kier molecular flexibility index (Phi) is 11.6. The van der Waals surface area contributed by atoms with E-state index >= 15 is 4.39 Å². The molecule has 10 nitrogen and oxygen atoms in total. The van der Waals surface area contributed by atoms with Crippen molar-refractivity contribution >= 4 is 62.6 Å². The number of carboxylic acid groups (broad SMARTS) is 1. The van der Waals surface area contributed by atoms with E-state index in [9.17, 15) is 9.90 Å². The number of hydrogen-bond acceptors (Lipinski definition) is 7. The molecule has 0 atom stereocenters. The highest BCUT2D eigenvalue weighted by molar-refractivity contribution is 7.97. The number of ether oxygens (including phenoxy) is 3. The summed E-state index contributed by atoms with van der Waals surface area (Å²) in [6.45, 7) is 6.47. The van der Waals surface area contributed by atoms with Crippen LogP contribution in [-0.2, 0) is 54.0 Å². The van der Waals surface area contributed by atoms with E-state index < -0.39 is 11.8 Å². The molecule has 7 rings (SSSR count). The minimum atomic E-state index is -1.03. The molecule has 1 N–H and O–H groups in total. The van der Waals surface area contributed by atoms with E-state index in [4.69, 9.17) is 47.6 Å². The van der Waals surface area contributed by atoms with Crippen LogP contribution in [0.1, 0.15) is 50.8 Å². The Hall–Kier alpha value is -4.07. The highest BCUT2D eigenvalue weighted by Crippen LogP contribution is 2.43. The first-order valence-corrected chi connectivity index (χ1v) is 19.8. The number of halogens is 3. The van der Waals surface area contributed by atoms with Crippen LogP contribution in [0.25, 0.3) is 32.8 Å².